The molecule has 0 saturated heterocycles. The van der Waals surface area contributed by atoms with Gasteiger partial charge < -0.3 is 9.15 Å². The molecule has 0 unspecified atom stereocenters. The number of hydrogen-bond acceptors (Lipinski definition) is 4. The quantitative estimate of drug-likeness (QED) is 0.424. The predicted octanol–water partition coefficient (Wildman–Crippen LogP) is 5.68. The Morgan fingerprint density at radius 1 is 1.26 bits per heavy atom. The van der Waals surface area contributed by atoms with E-state index in [1.165, 1.54) is 6.21 Å². The highest BCUT2D eigenvalue weighted by molar-refractivity contribution is 6.32. The van der Waals surface area contributed by atoms with Crippen molar-refractivity contribution in [1.82, 2.24) is 5.43 Å². The van der Waals surface area contributed by atoms with E-state index in [-0.39, 0.29) is 11.9 Å². The van der Waals surface area contributed by atoms with Crippen molar-refractivity contribution >= 4 is 46.3 Å². The number of carbonyl (C=O) groups excluding carboxylic acids is 1. The van der Waals surface area contributed by atoms with Crippen molar-refractivity contribution in [3.63, 3.8) is 0 Å². The lowest BCUT2D eigenvalue weighted by molar-refractivity contribution is 0.0929. The molecule has 3 rings (SSSR count). The molecule has 0 aliphatic rings. The molecule has 140 valence electrons. The van der Waals surface area contributed by atoms with E-state index >= 15 is 0 Å². The number of rotatable bonds is 6. The number of furan rings is 1. The minimum Gasteiger partial charge on any atom is -0.489 e. The third-order valence-electron chi connectivity index (χ3n) is 3.94. The number of carbonyl (C=O) groups is 1. The molecule has 3 aromatic rings. The first-order valence-corrected chi connectivity index (χ1v) is 9.20. The smallest absolute Gasteiger partial charge is 0.307 e. The van der Waals surface area contributed by atoms with Crippen LogP contribution in [0.4, 0.5) is 0 Å². The van der Waals surface area contributed by atoms with Crippen LogP contribution in [0, 0.1) is 0 Å². The summed E-state index contributed by atoms with van der Waals surface area (Å²) in [7, 11) is 0. The van der Waals surface area contributed by atoms with E-state index in [0.29, 0.717) is 21.4 Å². The second kappa shape index (κ2) is 8.46. The van der Waals surface area contributed by atoms with Crippen LogP contribution in [-0.2, 0) is 0 Å². The van der Waals surface area contributed by atoms with Crippen molar-refractivity contribution < 1.29 is 13.9 Å². The van der Waals surface area contributed by atoms with Gasteiger partial charge in [-0.25, -0.2) is 5.43 Å². The summed E-state index contributed by atoms with van der Waals surface area (Å²) in [5, 5.41) is 5.75. The number of fused-ring (bicyclic) bond motifs is 1. The second-order valence-corrected chi connectivity index (χ2v) is 6.86. The normalized spacial score (nSPS) is 12.4. The fourth-order valence-electron chi connectivity index (χ4n) is 2.34. The van der Waals surface area contributed by atoms with Crippen LogP contribution in [0.25, 0.3) is 11.0 Å². The monoisotopic (exact) mass is 404 g/mol. The lowest BCUT2D eigenvalue weighted by Crippen LogP contribution is -2.16. The standard InChI is InChI=1S/C20H18Cl2N2O3/c1-3-12(2)26-18-6-4-13(8-16(18)22)11-23-24-20(25)19-10-14-9-15(21)5-7-17(14)27-19/h4-12H,3H2,1-2H3,(H,24,25)/b23-11+/t12-/m1/s1. The summed E-state index contributed by atoms with van der Waals surface area (Å²) in [4.78, 5) is 12.2. The number of halogens is 2. The first-order chi connectivity index (χ1) is 13.0. The fourth-order valence-corrected chi connectivity index (χ4v) is 2.75. The maximum absolute atomic E-state index is 12.2. The van der Waals surface area contributed by atoms with Gasteiger partial charge in [-0.2, -0.15) is 5.10 Å². The number of nitrogens with zero attached hydrogens (tertiary/aromatic N) is 1. The van der Waals surface area contributed by atoms with E-state index < -0.39 is 5.91 Å². The number of nitrogens with one attached hydrogen (secondary N) is 1. The van der Waals surface area contributed by atoms with Crippen molar-refractivity contribution in [1.29, 1.82) is 0 Å². The first-order valence-electron chi connectivity index (χ1n) is 8.45. The van der Waals surface area contributed by atoms with E-state index in [1.54, 1.807) is 36.4 Å². The average molecular weight is 405 g/mol. The number of hydrogen-bond donors (Lipinski definition) is 1. The zero-order valence-corrected chi connectivity index (χ0v) is 16.3. The number of benzene rings is 2. The highest BCUT2D eigenvalue weighted by Gasteiger charge is 2.12. The van der Waals surface area contributed by atoms with E-state index in [0.717, 1.165) is 17.4 Å². The zero-order chi connectivity index (χ0) is 19.4. The molecule has 0 aliphatic carbocycles. The fraction of sp³-hybridized carbons (Fsp3) is 0.200. The molecule has 1 heterocycles. The molecule has 0 saturated carbocycles. The summed E-state index contributed by atoms with van der Waals surface area (Å²) in [5.74, 6) is 0.314. The van der Waals surface area contributed by atoms with Gasteiger partial charge in [0.2, 0.25) is 0 Å². The Balaban J connectivity index is 1.65. The van der Waals surface area contributed by atoms with Gasteiger partial charge >= 0.3 is 5.91 Å². The Morgan fingerprint density at radius 3 is 2.81 bits per heavy atom. The van der Waals surface area contributed by atoms with Gasteiger partial charge in [0.25, 0.3) is 0 Å². The Labute approximate surface area is 166 Å². The van der Waals surface area contributed by atoms with Crippen molar-refractivity contribution in [2.45, 2.75) is 26.4 Å². The molecule has 1 atom stereocenters. The Kier molecular flexibility index (Phi) is 6.04. The van der Waals surface area contributed by atoms with E-state index in [1.807, 2.05) is 19.9 Å². The molecule has 5 nitrogen and oxygen atoms in total. The SMILES string of the molecule is CC[C@@H](C)Oc1ccc(/C=N/NC(=O)c2cc3cc(Cl)ccc3o2)cc1Cl. The van der Waals surface area contributed by atoms with Crippen LogP contribution in [0.1, 0.15) is 36.4 Å². The Morgan fingerprint density at radius 2 is 2.07 bits per heavy atom. The molecule has 0 spiro atoms. The second-order valence-electron chi connectivity index (χ2n) is 6.02. The lowest BCUT2D eigenvalue weighted by Gasteiger charge is -2.13. The topological polar surface area (TPSA) is 63.8 Å². The van der Waals surface area contributed by atoms with Gasteiger partial charge in [0, 0.05) is 10.4 Å². The zero-order valence-electron chi connectivity index (χ0n) is 14.8. The number of amides is 1. The summed E-state index contributed by atoms with van der Waals surface area (Å²) in [6.45, 7) is 4.02. The summed E-state index contributed by atoms with van der Waals surface area (Å²) < 4.78 is 11.2. The average Bonchev–Trinajstić information content (AvgIpc) is 3.07. The van der Waals surface area contributed by atoms with Gasteiger partial charge in [0.05, 0.1) is 17.3 Å². The molecule has 7 heteroatoms. The molecule has 0 aliphatic heterocycles. The third kappa shape index (κ3) is 4.81. The molecular formula is C20H18Cl2N2O3. The van der Waals surface area contributed by atoms with Gasteiger partial charge in [0.15, 0.2) is 5.76 Å². The largest absolute Gasteiger partial charge is 0.489 e. The molecule has 0 bridgehead atoms. The number of ether oxygens (including phenoxy) is 1. The van der Waals surface area contributed by atoms with Crippen LogP contribution < -0.4 is 10.2 Å². The van der Waals surface area contributed by atoms with Crippen LogP contribution in [0.2, 0.25) is 10.0 Å². The molecule has 2 aromatic carbocycles. The van der Waals surface area contributed by atoms with Gasteiger partial charge in [-0.15, -0.1) is 0 Å². The third-order valence-corrected chi connectivity index (χ3v) is 4.47. The molecule has 1 amide bonds. The van der Waals surface area contributed by atoms with Crippen LogP contribution in [-0.4, -0.2) is 18.2 Å². The summed E-state index contributed by atoms with van der Waals surface area (Å²) in [5.41, 5.74) is 3.74. The first kappa shape index (κ1) is 19.3. The van der Waals surface area contributed by atoms with Crippen LogP contribution in [0.3, 0.4) is 0 Å². The molecule has 0 fully saturated rings. The van der Waals surface area contributed by atoms with Gasteiger partial charge in [-0.1, -0.05) is 30.1 Å². The molecular weight excluding hydrogens is 387 g/mol. The van der Waals surface area contributed by atoms with Crippen molar-refractivity contribution in [2.75, 3.05) is 0 Å². The predicted molar refractivity (Wildman–Crippen MR) is 108 cm³/mol. The highest BCUT2D eigenvalue weighted by atomic mass is 35.5. The summed E-state index contributed by atoms with van der Waals surface area (Å²) in [6.07, 6.45) is 2.47. The van der Waals surface area contributed by atoms with E-state index in [9.17, 15) is 4.79 Å². The molecule has 27 heavy (non-hydrogen) atoms. The van der Waals surface area contributed by atoms with Crippen molar-refractivity contribution in [3.05, 3.63) is 63.8 Å². The summed E-state index contributed by atoms with van der Waals surface area (Å²) >= 11 is 12.2. The Bertz CT molecular complexity index is 998. The van der Waals surface area contributed by atoms with Crippen molar-refractivity contribution in [3.8, 4) is 5.75 Å². The molecule has 0 radical (unpaired) electrons. The van der Waals surface area contributed by atoms with Crippen LogP contribution >= 0.6 is 23.2 Å². The molecule has 1 N–H and O–H groups in total. The van der Waals surface area contributed by atoms with Crippen molar-refractivity contribution in [2.24, 2.45) is 5.10 Å². The minimum atomic E-state index is -0.457. The van der Waals surface area contributed by atoms with Gasteiger partial charge in [-0.3, -0.25) is 4.79 Å². The highest BCUT2D eigenvalue weighted by Crippen LogP contribution is 2.26. The summed E-state index contributed by atoms with van der Waals surface area (Å²) in [6, 6.07) is 12.1. The minimum absolute atomic E-state index is 0.0833. The maximum atomic E-state index is 12.2. The van der Waals surface area contributed by atoms with Gasteiger partial charge in [0.1, 0.15) is 11.3 Å². The van der Waals surface area contributed by atoms with Crippen LogP contribution in [0.5, 0.6) is 5.75 Å². The van der Waals surface area contributed by atoms with Gasteiger partial charge in [-0.05, 0) is 61.4 Å². The lowest BCUT2D eigenvalue weighted by atomic mass is 10.2. The van der Waals surface area contributed by atoms with E-state index in [2.05, 4.69) is 10.5 Å². The maximum Gasteiger partial charge on any atom is 0.307 e. The van der Waals surface area contributed by atoms with Crippen LogP contribution in [0.15, 0.2) is 52.0 Å². The number of hydrazone groups is 1. The molecule has 1 aromatic heterocycles. The van der Waals surface area contributed by atoms with E-state index in [4.69, 9.17) is 32.4 Å². The Hall–Kier alpha value is -2.50.